The highest BCUT2D eigenvalue weighted by molar-refractivity contribution is 5.97. The summed E-state index contributed by atoms with van der Waals surface area (Å²) < 4.78 is 0. The van der Waals surface area contributed by atoms with Crippen LogP contribution >= 0.6 is 0 Å². The molecular weight excluding hydrogens is 244 g/mol. The highest BCUT2D eigenvalue weighted by Gasteiger charge is 2.19. The number of phenols is 1. The highest BCUT2D eigenvalue weighted by atomic mass is 16.3. The smallest absolute Gasteiger partial charge is 0.273 e. The fourth-order valence-electron chi connectivity index (χ4n) is 2.39. The molecule has 0 atom stereocenters. The molecule has 0 spiro atoms. The third-order valence-corrected chi connectivity index (χ3v) is 3.41. The van der Waals surface area contributed by atoms with E-state index in [1.807, 2.05) is 0 Å². The molecule has 0 aromatic heterocycles. The fraction of sp³-hybridized carbons (Fsp3) is 0.429. The molecule has 1 saturated carbocycles. The van der Waals surface area contributed by atoms with E-state index in [0.29, 0.717) is 12.3 Å². The molecule has 19 heavy (non-hydrogen) atoms. The minimum absolute atomic E-state index is 0.106. The average Bonchev–Trinajstić information content (AvgIpc) is 2.89. The van der Waals surface area contributed by atoms with Gasteiger partial charge in [-0.15, -0.1) is 0 Å². The van der Waals surface area contributed by atoms with Crippen LogP contribution in [0.4, 0.5) is 0 Å². The zero-order valence-corrected chi connectivity index (χ0v) is 10.7. The molecule has 0 radical (unpaired) electrons. The summed E-state index contributed by atoms with van der Waals surface area (Å²) in [6, 6.07) is 6.20. The van der Waals surface area contributed by atoms with E-state index in [1.165, 1.54) is 25.0 Å². The van der Waals surface area contributed by atoms with Crippen molar-refractivity contribution in [1.82, 2.24) is 10.9 Å². The van der Waals surface area contributed by atoms with E-state index in [-0.39, 0.29) is 17.2 Å². The molecule has 0 unspecified atom stereocenters. The predicted molar refractivity (Wildman–Crippen MR) is 70.3 cm³/mol. The lowest BCUT2D eigenvalue weighted by atomic mass is 10.0. The first-order chi connectivity index (χ1) is 9.16. The molecule has 0 aliphatic heterocycles. The van der Waals surface area contributed by atoms with E-state index in [2.05, 4.69) is 10.9 Å². The molecule has 1 fully saturated rings. The molecule has 0 saturated heterocycles. The van der Waals surface area contributed by atoms with Gasteiger partial charge in [-0.1, -0.05) is 25.0 Å². The number of aromatic hydroxyl groups is 1. The normalized spacial score (nSPS) is 15.2. The van der Waals surface area contributed by atoms with Gasteiger partial charge in [-0.05, 0) is 30.9 Å². The summed E-state index contributed by atoms with van der Waals surface area (Å²) in [6.45, 7) is 0. The number of para-hydroxylation sites is 1. The molecule has 0 heterocycles. The van der Waals surface area contributed by atoms with Gasteiger partial charge in [-0.2, -0.15) is 0 Å². The standard InChI is InChI=1S/C14H18N2O3/c17-12-8-4-3-7-11(12)14(19)16-15-13(18)9-10-5-1-2-6-10/h3-4,7-8,10,17H,1-2,5-6,9H2,(H,15,18)(H,16,19). The summed E-state index contributed by atoms with van der Waals surface area (Å²) in [5, 5.41) is 9.50. The SMILES string of the molecule is O=C(CC1CCCC1)NNC(=O)c1ccccc1O. The third kappa shape index (κ3) is 3.71. The molecule has 102 valence electrons. The van der Waals surface area contributed by atoms with E-state index < -0.39 is 5.91 Å². The number of hydrogen-bond acceptors (Lipinski definition) is 3. The van der Waals surface area contributed by atoms with E-state index >= 15 is 0 Å². The summed E-state index contributed by atoms with van der Waals surface area (Å²) >= 11 is 0. The van der Waals surface area contributed by atoms with Crippen molar-refractivity contribution >= 4 is 11.8 Å². The van der Waals surface area contributed by atoms with Crippen LogP contribution in [0.3, 0.4) is 0 Å². The van der Waals surface area contributed by atoms with Gasteiger partial charge in [0.2, 0.25) is 5.91 Å². The maximum Gasteiger partial charge on any atom is 0.273 e. The quantitative estimate of drug-likeness (QED) is 0.726. The predicted octanol–water partition coefficient (Wildman–Crippen LogP) is 1.73. The van der Waals surface area contributed by atoms with Gasteiger partial charge in [0.1, 0.15) is 5.75 Å². The maximum absolute atomic E-state index is 11.7. The molecule has 3 N–H and O–H groups in total. The summed E-state index contributed by atoms with van der Waals surface area (Å²) in [4.78, 5) is 23.4. The first-order valence-corrected chi connectivity index (χ1v) is 6.54. The van der Waals surface area contributed by atoms with Gasteiger partial charge < -0.3 is 5.11 Å². The van der Waals surface area contributed by atoms with Crippen molar-refractivity contribution < 1.29 is 14.7 Å². The molecule has 1 aliphatic carbocycles. The number of carbonyl (C=O) groups is 2. The second-order valence-electron chi connectivity index (χ2n) is 4.87. The third-order valence-electron chi connectivity index (χ3n) is 3.41. The molecule has 5 nitrogen and oxygen atoms in total. The van der Waals surface area contributed by atoms with Gasteiger partial charge >= 0.3 is 0 Å². The van der Waals surface area contributed by atoms with Crippen molar-refractivity contribution in [3.8, 4) is 5.75 Å². The Hall–Kier alpha value is -2.04. The van der Waals surface area contributed by atoms with Crippen molar-refractivity contribution in [2.24, 2.45) is 5.92 Å². The lowest BCUT2D eigenvalue weighted by Crippen LogP contribution is -2.42. The summed E-state index contributed by atoms with van der Waals surface area (Å²) in [7, 11) is 0. The van der Waals surface area contributed by atoms with Crippen LogP contribution < -0.4 is 10.9 Å². The average molecular weight is 262 g/mol. The maximum atomic E-state index is 11.7. The molecule has 2 amide bonds. The first-order valence-electron chi connectivity index (χ1n) is 6.54. The van der Waals surface area contributed by atoms with E-state index in [0.717, 1.165) is 12.8 Å². The Morgan fingerprint density at radius 3 is 2.53 bits per heavy atom. The number of hydrazine groups is 1. The lowest BCUT2D eigenvalue weighted by Gasteiger charge is -2.11. The van der Waals surface area contributed by atoms with Crippen LogP contribution in [0.1, 0.15) is 42.5 Å². The molecular formula is C14H18N2O3. The monoisotopic (exact) mass is 262 g/mol. The second-order valence-corrected chi connectivity index (χ2v) is 4.87. The van der Waals surface area contributed by atoms with E-state index in [4.69, 9.17) is 0 Å². The molecule has 1 aromatic rings. The second kappa shape index (κ2) is 6.22. The van der Waals surface area contributed by atoms with Crippen molar-refractivity contribution in [2.45, 2.75) is 32.1 Å². The highest BCUT2D eigenvalue weighted by Crippen LogP contribution is 2.27. The Kier molecular flexibility index (Phi) is 4.39. The Balaban J connectivity index is 1.80. The molecule has 5 heteroatoms. The van der Waals surface area contributed by atoms with Crippen LogP contribution in [0.15, 0.2) is 24.3 Å². The molecule has 2 rings (SSSR count). The number of hydrogen-bond donors (Lipinski definition) is 3. The topological polar surface area (TPSA) is 78.4 Å². The Labute approximate surface area is 112 Å². The minimum atomic E-state index is -0.516. The van der Waals surface area contributed by atoms with Crippen molar-refractivity contribution in [3.63, 3.8) is 0 Å². The zero-order chi connectivity index (χ0) is 13.7. The number of phenolic OH excluding ortho intramolecular Hbond substituents is 1. The van der Waals surface area contributed by atoms with Crippen LogP contribution in [0.5, 0.6) is 5.75 Å². The van der Waals surface area contributed by atoms with Gasteiger partial charge in [0.25, 0.3) is 5.91 Å². The van der Waals surface area contributed by atoms with Gasteiger partial charge in [-0.3, -0.25) is 20.4 Å². The number of amides is 2. The summed E-state index contributed by atoms with van der Waals surface area (Å²) in [5.74, 6) is -0.374. The van der Waals surface area contributed by atoms with Crippen molar-refractivity contribution in [1.29, 1.82) is 0 Å². The van der Waals surface area contributed by atoms with Crippen LogP contribution in [-0.4, -0.2) is 16.9 Å². The number of carbonyl (C=O) groups excluding carboxylic acids is 2. The number of nitrogens with one attached hydrogen (secondary N) is 2. The first kappa shape index (κ1) is 13.4. The Morgan fingerprint density at radius 1 is 1.16 bits per heavy atom. The Morgan fingerprint density at radius 2 is 1.84 bits per heavy atom. The van der Waals surface area contributed by atoms with E-state index in [1.54, 1.807) is 12.1 Å². The van der Waals surface area contributed by atoms with Gasteiger partial charge in [0.05, 0.1) is 5.56 Å². The summed E-state index contributed by atoms with van der Waals surface area (Å²) in [5.41, 5.74) is 4.84. The largest absolute Gasteiger partial charge is 0.507 e. The van der Waals surface area contributed by atoms with Gasteiger partial charge in [-0.25, -0.2) is 0 Å². The number of benzene rings is 1. The number of rotatable bonds is 3. The van der Waals surface area contributed by atoms with Crippen LogP contribution in [-0.2, 0) is 4.79 Å². The van der Waals surface area contributed by atoms with Gasteiger partial charge in [0, 0.05) is 6.42 Å². The van der Waals surface area contributed by atoms with Crippen LogP contribution in [0.25, 0.3) is 0 Å². The van der Waals surface area contributed by atoms with Crippen LogP contribution in [0, 0.1) is 5.92 Å². The van der Waals surface area contributed by atoms with E-state index in [9.17, 15) is 14.7 Å². The fourth-order valence-corrected chi connectivity index (χ4v) is 2.39. The lowest BCUT2D eigenvalue weighted by molar-refractivity contribution is -0.122. The van der Waals surface area contributed by atoms with Crippen molar-refractivity contribution in [2.75, 3.05) is 0 Å². The molecule has 1 aliphatic rings. The van der Waals surface area contributed by atoms with Gasteiger partial charge in [0.15, 0.2) is 0 Å². The minimum Gasteiger partial charge on any atom is -0.507 e. The Bertz CT molecular complexity index is 468. The summed E-state index contributed by atoms with van der Waals surface area (Å²) in [6.07, 6.45) is 4.98. The molecule has 1 aromatic carbocycles. The van der Waals surface area contributed by atoms with Crippen LogP contribution in [0.2, 0.25) is 0 Å². The van der Waals surface area contributed by atoms with Crippen molar-refractivity contribution in [3.05, 3.63) is 29.8 Å². The zero-order valence-electron chi connectivity index (χ0n) is 10.7. The molecule has 0 bridgehead atoms.